The number of piperazine rings is 1. The van der Waals surface area contributed by atoms with E-state index in [4.69, 9.17) is 0 Å². The number of nitrogens with one attached hydrogen (secondary N) is 1. The second-order valence-corrected chi connectivity index (χ2v) is 7.50. The van der Waals surface area contributed by atoms with E-state index in [2.05, 4.69) is 33.4 Å². The summed E-state index contributed by atoms with van der Waals surface area (Å²) in [7, 11) is -3.07. The quantitative estimate of drug-likeness (QED) is 0.905. The average Bonchev–Trinajstić information content (AvgIpc) is 2.31. The highest BCUT2D eigenvalue weighted by molar-refractivity contribution is 9.10. The fourth-order valence-corrected chi connectivity index (χ4v) is 3.28. The molecule has 1 aromatic carbocycles. The Bertz CT molecular complexity index is 501. The number of hydrogen-bond acceptors (Lipinski definition) is 3. The van der Waals surface area contributed by atoms with Crippen molar-refractivity contribution in [2.75, 3.05) is 25.9 Å². The van der Waals surface area contributed by atoms with Crippen molar-refractivity contribution in [1.29, 1.82) is 0 Å². The molecule has 4 nitrogen and oxygen atoms in total. The first-order chi connectivity index (χ1) is 8.45. The van der Waals surface area contributed by atoms with Crippen molar-refractivity contribution >= 4 is 26.0 Å². The summed E-state index contributed by atoms with van der Waals surface area (Å²) in [5, 5.41) is 3.37. The predicted octanol–water partition coefficient (Wildman–Crippen LogP) is 1.23. The molecule has 0 spiro atoms. The number of nitrogens with zero attached hydrogens (tertiary/aromatic N) is 1. The van der Waals surface area contributed by atoms with E-state index in [9.17, 15) is 8.42 Å². The van der Waals surface area contributed by atoms with E-state index >= 15 is 0 Å². The van der Waals surface area contributed by atoms with Gasteiger partial charge in [0, 0.05) is 30.1 Å². The first-order valence-electron chi connectivity index (χ1n) is 5.88. The summed E-state index contributed by atoms with van der Waals surface area (Å²) >= 11 is 3.40. The maximum Gasteiger partial charge on any atom is 0.211 e. The molecule has 1 N–H and O–H groups in total. The van der Waals surface area contributed by atoms with Gasteiger partial charge in [-0.2, -0.15) is 4.31 Å². The van der Waals surface area contributed by atoms with Gasteiger partial charge in [-0.25, -0.2) is 8.42 Å². The second kappa shape index (κ2) is 5.69. The van der Waals surface area contributed by atoms with E-state index in [1.165, 1.54) is 11.8 Å². The van der Waals surface area contributed by atoms with Gasteiger partial charge >= 0.3 is 0 Å². The molecule has 18 heavy (non-hydrogen) atoms. The minimum absolute atomic E-state index is 0.189. The first-order valence-corrected chi connectivity index (χ1v) is 8.52. The molecule has 100 valence electrons. The van der Waals surface area contributed by atoms with Crippen LogP contribution in [0.5, 0.6) is 0 Å². The van der Waals surface area contributed by atoms with Crippen molar-refractivity contribution in [2.45, 2.75) is 12.5 Å². The Morgan fingerprint density at radius 1 is 1.39 bits per heavy atom. The molecule has 1 aliphatic rings. The molecule has 1 saturated heterocycles. The maximum absolute atomic E-state index is 11.5. The van der Waals surface area contributed by atoms with E-state index < -0.39 is 10.0 Å². The molecule has 0 radical (unpaired) electrons. The third kappa shape index (κ3) is 3.78. The van der Waals surface area contributed by atoms with E-state index in [1.54, 1.807) is 4.31 Å². The van der Waals surface area contributed by atoms with Crippen LogP contribution in [0.4, 0.5) is 0 Å². The van der Waals surface area contributed by atoms with Crippen molar-refractivity contribution < 1.29 is 8.42 Å². The van der Waals surface area contributed by atoms with Crippen LogP contribution in [0.2, 0.25) is 0 Å². The van der Waals surface area contributed by atoms with Gasteiger partial charge in [0.05, 0.1) is 6.26 Å². The highest BCUT2D eigenvalue weighted by Gasteiger charge is 2.25. The number of halogens is 1. The first kappa shape index (κ1) is 14.0. The minimum atomic E-state index is -3.07. The Hall–Kier alpha value is -0.430. The average molecular weight is 333 g/mol. The molecule has 2 rings (SSSR count). The zero-order valence-electron chi connectivity index (χ0n) is 10.3. The Kier molecular flexibility index (Phi) is 4.42. The van der Waals surface area contributed by atoms with Crippen molar-refractivity contribution in [3.63, 3.8) is 0 Å². The topological polar surface area (TPSA) is 49.4 Å². The Labute approximate surface area is 117 Å². The maximum atomic E-state index is 11.5. The van der Waals surface area contributed by atoms with Gasteiger partial charge in [0.25, 0.3) is 0 Å². The molecule has 1 heterocycles. The van der Waals surface area contributed by atoms with Crippen LogP contribution >= 0.6 is 15.9 Å². The summed E-state index contributed by atoms with van der Waals surface area (Å²) in [4.78, 5) is 0. The van der Waals surface area contributed by atoms with Gasteiger partial charge in [0.1, 0.15) is 0 Å². The normalized spacial score (nSPS) is 22.0. The van der Waals surface area contributed by atoms with Crippen molar-refractivity contribution in [1.82, 2.24) is 9.62 Å². The van der Waals surface area contributed by atoms with E-state index in [0.29, 0.717) is 19.6 Å². The molecule has 0 aliphatic carbocycles. The third-order valence-corrected chi connectivity index (χ3v) is 4.88. The second-order valence-electron chi connectivity index (χ2n) is 4.60. The lowest BCUT2D eigenvalue weighted by Gasteiger charge is -2.32. The van der Waals surface area contributed by atoms with Gasteiger partial charge in [-0.1, -0.05) is 28.1 Å². The lowest BCUT2D eigenvalue weighted by molar-refractivity contribution is 0.298. The summed E-state index contributed by atoms with van der Waals surface area (Å²) in [6, 6.07) is 8.32. The third-order valence-electron chi connectivity index (χ3n) is 3.08. The summed E-state index contributed by atoms with van der Waals surface area (Å²) in [5.41, 5.74) is 1.21. The van der Waals surface area contributed by atoms with Crippen LogP contribution in [-0.4, -0.2) is 44.7 Å². The molecule has 1 unspecified atom stereocenters. The molecule has 0 bridgehead atoms. The van der Waals surface area contributed by atoms with Crippen molar-refractivity contribution in [3.05, 3.63) is 34.3 Å². The summed E-state index contributed by atoms with van der Waals surface area (Å²) in [6.45, 7) is 1.83. The highest BCUT2D eigenvalue weighted by Crippen LogP contribution is 2.14. The van der Waals surface area contributed by atoms with Crippen LogP contribution in [0.3, 0.4) is 0 Å². The Balaban J connectivity index is 2.00. The standard InChI is InChI=1S/C12H17BrN2O2S/c1-18(16,17)15-7-6-14-12(9-15)8-10-2-4-11(13)5-3-10/h2-5,12,14H,6-9H2,1H3. The highest BCUT2D eigenvalue weighted by atomic mass is 79.9. The van der Waals surface area contributed by atoms with Crippen LogP contribution < -0.4 is 5.32 Å². The van der Waals surface area contributed by atoms with Gasteiger partial charge < -0.3 is 5.32 Å². The largest absolute Gasteiger partial charge is 0.311 e. The summed E-state index contributed by atoms with van der Waals surface area (Å²) < 4.78 is 25.6. The number of benzene rings is 1. The lowest BCUT2D eigenvalue weighted by Crippen LogP contribution is -2.53. The molecule has 1 aromatic rings. The molecule has 6 heteroatoms. The van der Waals surface area contributed by atoms with Gasteiger partial charge in [0.15, 0.2) is 0 Å². The smallest absolute Gasteiger partial charge is 0.211 e. The fraction of sp³-hybridized carbons (Fsp3) is 0.500. The summed E-state index contributed by atoms with van der Waals surface area (Å²) in [5.74, 6) is 0. The minimum Gasteiger partial charge on any atom is -0.311 e. The van der Waals surface area contributed by atoms with Crippen molar-refractivity contribution in [3.8, 4) is 0 Å². The van der Waals surface area contributed by atoms with E-state index in [1.807, 2.05) is 12.1 Å². The number of hydrogen-bond donors (Lipinski definition) is 1. The van der Waals surface area contributed by atoms with Gasteiger partial charge in [-0.05, 0) is 24.1 Å². The van der Waals surface area contributed by atoms with Crippen LogP contribution in [0.15, 0.2) is 28.7 Å². The van der Waals surface area contributed by atoms with Crippen LogP contribution in [0.25, 0.3) is 0 Å². The lowest BCUT2D eigenvalue weighted by atomic mass is 10.1. The Morgan fingerprint density at radius 2 is 2.06 bits per heavy atom. The molecular weight excluding hydrogens is 316 g/mol. The van der Waals surface area contributed by atoms with Gasteiger partial charge in [-0.3, -0.25) is 0 Å². The predicted molar refractivity (Wildman–Crippen MR) is 76.1 cm³/mol. The molecule has 0 amide bonds. The monoisotopic (exact) mass is 332 g/mol. The van der Waals surface area contributed by atoms with Gasteiger partial charge in [0.2, 0.25) is 10.0 Å². The zero-order chi connectivity index (χ0) is 13.2. The van der Waals surface area contributed by atoms with Crippen LogP contribution in [0, 0.1) is 0 Å². The van der Waals surface area contributed by atoms with Crippen LogP contribution in [-0.2, 0) is 16.4 Å². The zero-order valence-corrected chi connectivity index (χ0v) is 12.7. The summed E-state index contributed by atoms with van der Waals surface area (Å²) in [6.07, 6.45) is 2.12. The molecular formula is C12H17BrN2O2S. The van der Waals surface area contributed by atoms with Crippen LogP contribution in [0.1, 0.15) is 5.56 Å². The van der Waals surface area contributed by atoms with E-state index in [-0.39, 0.29) is 6.04 Å². The van der Waals surface area contributed by atoms with E-state index in [0.717, 1.165) is 10.9 Å². The molecule has 1 fully saturated rings. The van der Waals surface area contributed by atoms with Crippen molar-refractivity contribution in [2.24, 2.45) is 0 Å². The molecule has 1 atom stereocenters. The number of sulfonamides is 1. The molecule has 0 saturated carbocycles. The van der Waals surface area contributed by atoms with Gasteiger partial charge in [-0.15, -0.1) is 0 Å². The fourth-order valence-electron chi connectivity index (χ4n) is 2.14. The molecule has 1 aliphatic heterocycles. The SMILES string of the molecule is CS(=O)(=O)N1CCNC(Cc2ccc(Br)cc2)C1. The molecule has 0 aromatic heterocycles. The number of rotatable bonds is 3. The Morgan fingerprint density at radius 3 is 2.67 bits per heavy atom.